The van der Waals surface area contributed by atoms with Gasteiger partial charge in [-0.2, -0.15) is 0 Å². The summed E-state index contributed by atoms with van der Waals surface area (Å²) in [7, 11) is 0. The maximum atomic E-state index is 13.1. The zero-order valence-electron chi connectivity index (χ0n) is 22.6. The van der Waals surface area contributed by atoms with Crippen molar-refractivity contribution in [2.24, 2.45) is 0 Å². The summed E-state index contributed by atoms with van der Waals surface area (Å²) in [6, 6.07) is 21.2. The van der Waals surface area contributed by atoms with E-state index in [2.05, 4.69) is 45.0 Å². The lowest BCUT2D eigenvalue weighted by Gasteiger charge is -2.28. The molecule has 1 aliphatic heterocycles. The van der Waals surface area contributed by atoms with Gasteiger partial charge in [0, 0.05) is 36.2 Å². The number of carbonyl (C=O) groups is 1. The molecule has 1 amide bonds. The first-order chi connectivity index (χ1) is 19.3. The van der Waals surface area contributed by atoms with Crippen LogP contribution in [0.1, 0.15) is 53.6 Å². The predicted molar refractivity (Wildman–Crippen MR) is 166 cm³/mol. The SMILES string of the molecule is CCc1ccccc1NC(=O)CCN1C(=S)N[C@H](c2ccccn2)[C@@H]1c1cc(C)n(-c2cccc(Cl)c2Cl)c1C. The monoisotopic (exact) mass is 591 g/mol. The van der Waals surface area contributed by atoms with Crippen molar-refractivity contribution in [2.75, 3.05) is 11.9 Å². The second kappa shape index (κ2) is 12.0. The topological polar surface area (TPSA) is 62.2 Å². The molecule has 0 saturated carbocycles. The van der Waals surface area contributed by atoms with Crippen molar-refractivity contribution in [3.8, 4) is 5.69 Å². The number of hydrogen-bond acceptors (Lipinski definition) is 3. The van der Waals surface area contributed by atoms with Crippen LogP contribution < -0.4 is 10.6 Å². The van der Waals surface area contributed by atoms with Crippen LogP contribution in [0.3, 0.4) is 0 Å². The van der Waals surface area contributed by atoms with E-state index in [9.17, 15) is 4.79 Å². The number of aromatic nitrogens is 2. The molecular formula is C31H31Cl2N5OS. The fourth-order valence-corrected chi connectivity index (χ4v) is 6.20. The van der Waals surface area contributed by atoms with Gasteiger partial charge in [0.15, 0.2) is 5.11 Å². The van der Waals surface area contributed by atoms with Gasteiger partial charge in [0.1, 0.15) is 0 Å². The molecule has 2 N–H and O–H groups in total. The smallest absolute Gasteiger partial charge is 0.226 e. The molecule has 0 radical (unpaired) electrons. The minimum Gasteiger partial charge on any atom is -0.352 e. The highest BCUT2D eigenvalue weighted by Gasteiger charge is 2.41. The van der Waals surface area contributed by atoms with Crippen LogP contribution in [0.5, 0.6) is 0 Å². The van der Waals surface area contributed by atoms with Crippen molar-refractivity contribution >= 4 is 52.1 Å². The van der Waals surface area contributed by atoms with E-state index in [1.807, 2.05) is 61.5 Å². The number of pyridine rings is 1. The van der Waals surface area contributed by atoms with E-state index in [4.69, 9.17) is 35.4 Å². The van der Waals surface area contributed by atoms with Crippen LogP contribution in [0.15, 0.2) is 72.9 Å². The zero-order chi connectivity index (χ0) is 28.4. The first kappa shape index (κ1) is 28.1. The number of para-hydroxylation sites is 1. The molecular weight excluding hydrogens is 561 g/mol. The molecule has 1 saturated heterocycles. The number of nitrogens with zero attached hydrogens (tertiary/aromatic N) is 3. The molecule has 0 spiro atoms. The summed E-state index contributed by atoms with van der Waals surface area (Å²) in [6.45, 7) is 6.65. The molecule has 5 rings (SSSR count). The van der Waals surface area contributed by atoms with Crippen molar-refractivity contribution in [3.63, 3.8) is 0 Å². The van der Waals surface area contributed by atoms with E-state index in [1.165, 1.54) is 0 Å². The van der Waals surface area contributed by atoms with E-state index in [-0.39, 0.29) is 24.4 Å². The number of hydrogen-bond donors (Lipinski definition) is 2. The highest BCUT2D eigenvalue weighted by atomic mass is 35.5. The predicted octanol–water partition coefficient (Wildman–Crippen LogP) is 7.36. The van der Waals surface area contributed by atoms with Crippen LogP contribution in [-0.4, -0.2) is 32.0 Å². The second-order valence-corrected chi connectivity index (χ2v) is 11.0. The van der Waals surface area contributed by atoms with Gasteiger partial charge in [0.05, 0.1) is 33.5 Å². The third-order valence-electron chi connectivity index (χ3n) is 7.41. The van der Waals surface area contributed by atoms with Gasteiger partial charge in [-0.25, -0.2) is 0 Å². The Hall–Kier alpha value is -3.39. The van der Waals surface area contributed by atoms with Crippen molar-refractivity contribution < 1.29 is 4.79 Å². The third-order valence-corrected chi connectivity index (χ3v) is 8.57. The fraction of sp³-hybridized carbons (Fsp3) is 0.258. The Bertz CT molecular complexity index is 1550. The Labute approximate surface area is 250 Å². The van der Waals surface area contributed by atoms with E-state index in [0.29, 0.717) is 21.7 Å². The summed E-state index contributed by atoms with van der Waals surface area (Å²) in [5.74, 6) is -0.0556. The average Bonchev–Trinajstić information content (AvgIpc) is 3.44. The summed E-state index contributed by atoms with van der Waals surface area (Å²) in [4.78, 5) is 19.8. The molecule has 2 aromatic carbocycles. The minimum absolute atomic E-state index is 0.0556. The van der Waals surface area contributed by atoms with Crippen molar-refractivity contribution in [1.82, 2.24) is 19.8 Å². The van der Waals surface area contributed by atoms with E-state index in [1.54, 1.807) is 12.3 Å². The molecule has 0 aliphatic carbocycles. The third kappa shape index (κ3) is 5.46. The molecule has 1 aliphatic rings. The van der Waals surface area contributed by atoms with Gasteiger partial charge in [-0.15, -0.1) is 0 Å². The Morgan fingerprint density at radius 2 is 1.85 bits per heavy atom. The molecule has 6 nitrogen and oxygen atoms in total. The van der Waals surface area contributed by atoms with Crippen LogP contribution in [-0.2, 0) is 11.2 Å². The number of nitrogens with one attached hydrogen (secondary N) is 2. The van der Waals surface area contributed by atoms with Gasteiger partial charge in [-0.05, 0) is 80.0 Å². The van der Waals surface area contributed by atoms with Crippen LogP contribution in [0.25, 0.3) is 5.69 Å². The Balaban J connectivity index is 1.49. The molecule has 0 unspecified atom stereocenters. The zero-order valence-corrected chi connectivity index (χ0v) is 24.9. The van der Waals surface area contributed by atoms with Crippen molar-refractivity contribution in [3.05, 3.63) is 111 Å². The van der Waals surface area contributed by atoms with E-state index >= 15 is 0 Å². The number of rotatable bonds is 8. The summed E-state index contributed by atoms with van der Waals surface area (Å²) >= 11 is 18.8. The highest BCUT2D eigenvalue weighted by Crippen LogP contribution is 2.42. The first-order valence-corrected chi connectivity index (χ1v) is 14.5. The van der Waals surface area contributed by atoms with Gasteiger partial charge in [-0.3, -0.25) is 9.78 Å². The maximum Gasteiger partial charge on any atom is 0.226 e. The van der Waals surface area contributed by atoms with Crippen LogP contribution in [0.4, 0.5) is 5.69 Å². The van der Waals surface area contributed by atoms with Crippen molar-refractivity contribution in [1.29, 1.82) is 0 Å². The second-order valence-electron chi connectivity index (χ2n) is 9.86. The van der Waals surface area contributed by atoms with Gasteiger partial charge in [-0.1, -0.05) is 60.5 Å². The summed E-state index contributed by atoms with van der Waals surface area (Å²) in [6.07, 6.45) is 2.91. The van der Waals surface area contributed by atoms with Gasteiger partial charge < -0.3 is 20.1 Å². The number of anilines is 1. The minimum atomic E-state index is -0.193. The average molecular weight is 593 g/mol. The fourth-order valence-electron chi connectivity index (χ4n) is 5.49. The lowest BCUT2D eigenvalue weighted by atomic mass is 9.96. The van der Waals surface area contributed by atoms with Crippen LogP contribution in [0.2, 0.25) is 10.0 Å². The number of halogens is 2. The quantitative estimate of drug-likeness (QED) is 0.210. The lowest BCUT2D eigenvalue weighted by Crippen LogP contribution is -2.33. The van der Waals surface area contributed by atoms with Gasteiger partial charge >= 0.3 is 0 Å². The number of benzene rings is 2. The molecule has 9 heteroatoms. The maximum absolute atomic E-state index is 13.1. The molecule has 4 aromatic rings. The van der Waals surface area contributed by atoms with Crippen LogP contribution >= 0.6 is 35.4 Å². The van der Waals surface area contributed by atoms with Gasteiger partial charge in [0.25, 0.3) is 0 Å². The number of amides is 1. The van der Waals surface area contributed by atoms with Crippen molar-refractivity contribution in [2.45, 2.75) is 45.7 Å². The number of carbonyl (C=O) groups excluding carboxylic acids is 1. The van der Waals surface area contributed by atoms with E-state index in [0.717, 1.165) is 46.0 Å². The Kier molecular flexibility index (Phi) is 8.45. The highest BCUT2D eigenvalue weighted by molar-refractivity contribution is 7.80. The molecule has 1 fully saturated rings. The molecule has 2 atom stereocenters. The molecule has 2 aromatic heterocycles. The Morgan fingerprint density at radius 1 is 1.07 bits per heavy atom. The summed E-state index contributed by atoms with van der Waals surface area (Å²) < 4.78 is 2.12. The summed E-state index contributed by atoms with van der Waals surface area (Å²) in [5, 5.41) is 8.16. The first-order valence-electron chi connectivity index (χ1n) is 13.3. The normalized spacial score (nSPS) is 16.7. The Morgan fingerprint density at radius 3 is 2.60 bits per heavy atom. The number of aryl methyl sites for hydroxylation is 2. The van der Waals surface area contributed by atoms with Crippen LogP contribution in [0, 0.1) is 13.8 Å². The largest absolute Gasteiger partial charge is 0.352 e. The standard InChI is InChI=1S/C31H31Cl2N5OS/c1-4-21-10-5-6-12-24(21)35-27(39)15-17-37-30(29(36-31(37)40)25-13-7-8-16-34-25)22-18-19(2)38(20(22)3)26-14-9-11-23(32)28(26)33/h5-14,16,18,29-30H,4,15,17H2,1-3H3,(H,35,39)(H,36,40)/t29-,30+/m1/s1. The van der Waals surface area contributed by atoms with E-state index < -0.39 is 0 Å². The molecule has 206 valence electrons. The molecule has 0 bridgehead atoms. The number of thiocarbonyl (C=S) groups is 1. The lowest BCUT2D eigenvalue weighted by molar-refractivity contribution is -0.116. The molecule has 40 heavy (non-hydrogen) atoms. The van der Waals surface area contributed by atoms with Gasteiger partial charge in [0.2, 0.25) is 5.91 Å². The molecule has 3 heterocycles. The summed E-state index contributed by atoms with van der Waals surface area (Å²) in [5.41, 5.74) is 6.77.